The molecule has 0 aromatic carbocycles. The number of carbonyl (C=O) groups is 1. The Bertz CT molecular complexity index is 480. The summed E-state index contributed by atoms with van der Waals surface area (Å²) in [6.07, 6.45) is -3.24. The summed E-state index contributed by atoms with van der Waals surface area (Å²) in [6.45, 7) is 4.55. The van der Waals surface area contributed by atoms with E-state index >= 15 is 0 Å². The van der Waals surface area contributed by atoms with E-state index in [4.69, 9.17) is 9.47 Å². The minimum Gasteiger partial charge on any atom is -0.376 e. The predicted octanol–water partition coefficient (Wildman–Crippen LogP) is 2.76. The second-order valence-electron chi connectivity index (χ2n) is 7.74. The SMILES string of the molecule is CC1(C)COCC(CC(=O)N2C[C@@H]3CCC[C@]3(C(F)(F)F)C2)O1. The minimum absolute atomic E-state index is 0.0874. The van der Waals surface area contributed by atoms with Crippen molar-refractivity contribution in [3.8, 4) is 0 Å². The molecule has 2 aliphatic heterocycles. The van der Waals surface area contributed by atoms with Crippen LogP contribution < -0.4 is 0 Å². The van der Waals surface area contributed by atoms with Gasteiger partial charge in [0.2, 0.25) is 5.91 Å². The van der Waals surface area contributed by atoms with Gasteiger partial charge in [0.1, 0.15) is 0 Å². The van der Waals surface area contributed by atoms with E-state index in [0.29, 0.717) is 26.1 Å². The smallest absolute Gasteiger partial charge is 0.376 e. The Morgan fingerprint density at radius 1 is 1.35 bits per heavy atom. The van der Waals surface area contributed by atoms with E-state index in [1.54, 1.807) is 0 Å². The predicted molar refractivity (Wildman–Crippen MR) is 76.8 cm³/mol. The summed E-state index contributed by atoms with van der Waals surface area (Å²) >= 11 is 0. The first-order chi connectivity index (χ1) is 10.6. The monoisotopic (exact) mass is 335 g/mol. The number of alkyl halides is 3. The molecule has 7 heteroatoms. The summed E-state index contributed by atoms with van der Waals surface area (Å²) in [5.74, 6) is -0.708. The standard InChI is InChI=1S/C16H24F3NO3/c1-14(2)10-22-8-12(23-14)6-13(21)20-7-11-4-3-5-15(11,9-20)16(17,18)19/h11-12H,3-10H2,1-2H3/t11-,12?,15-/m0/s1. The summed E-state index contributed by atoms with van der Waals surface area (Å²) in [5, 5.41) is 0. The highest BCUT2D eigenvalue weighted by Gasteiger charge is 2.65. The van der Waals surface area contributed by atoms with Crippen LogP contribution in [-0.4, -0.2) is 55.0 Å². The van der Waals surface area contributed by atoms with Gasteiger partial charge in [0.25, 0.3) is 0 Å². The van der Waals surface area contributed by atoms with Gasteiger partial charge in [-0.05, 0) is 32.6 Å². The molecule has 0 N–H and O–H groups in total. The zero-order chi connectivity index (χ0) is 16.9. The first-order valence-electron chi connectivity index (χ1n) is 8.23. The molecule has 1 amide bonds. The van der Waals surface area contributed by atoms with Crippen LogP contribution in [0.4, 0.5) is 13.2 Å². The van der Waals surface area contributed by atoms with Gasteiger partial charge in [-0.3, -0.25) is 4.79 Å². The van der Waals surface area contributed by atoms with Gasteiger partial charge in [0.15, 0.2) is 0 Å². The third kappa shape index (κ3) is 3.09. The van der Waals surface area contributed by atoms with Gasteiger partial charge >= 0.3 is 6.18 Å². The molecule has 0 spiro atoms. The second kappa shape index (κ2) is 5.62. The Morgan fingerprint density at radius 3 is 2.70 bits per heavy atom. The maximum Gasteiger partial charge on any atom is 0.396 e. The fourth-order valence-corrected chi connectivity index (χ4v) is 4.32. The van der Waals surface area contributed by atoms with Crippen LogP contribution in [0.2, 0.25) is 0 Å². The summed E-state index contributed by atoms with van der Waals surface area (Å²) in [5.41, 5.74) is -2.15. The third-order valence-electron chi connectivity index (χ3n) is 5.43. The average molecular weight is 335 g/mol. The number of likely N-dealkylation sites (tertiary alicyclic amines) is 1. The van der Waals surface area contributed by atoms with E-state index in [1.165, 1.54) is 4.90 Å². The zero-order valence-electron chi connectivity index (χ0n) is 13.6. The van der Waals surface area contributed by atoms with Crippen LogP contribution in [0.1, 0.15) is 39.5 Å². The van der Waals surface area contributed by atoms with Crippen LogP contribution in [0, 0.1) is 11.3 Å². The van der Waals surface area contributed by atoms with Crippen LogP contribution in [0.3, 0.4) is 0 Å². The lowest BCUT2D eigenvalue weighted by Crippen LogP contribution is -2.46. The molecule has 0 aromatic rings. The zero-order valence-corrected chi connectivity index (χ0v) is 13.6. The molecule has 2 saturated heterocycles. The maximum atomic E-state index is 13.5. The molecule has 0 aromatic heterocycles. The fraction of sp³-hybridized carbons (Fsp3) is 0.938. The molecule has 0 radical (unpaired) electrons. The van der Waals surface area contributed by atoms with Gasteiger partial charge in [-0.1, -0.05) is 6.42 Å². The van der Waals surface area contributed by atoms with Crippen LogP contribution in [-0.2, 0) is 14.3 Å². The van der Waals surface area contributed by atoms with Crippen molar-refractivity contribution in [3.63, 3.8) is 0 Å². The fourth-order valence-electron chi connectivity index (χ4n) is 4.32. The number of rotatable bonds is 2. The normalized spacial score (nSPS) is 37.0. The highest BCUT2D eigenvalue weighted by atomic mass is 19.4. The lowest BCUT2D eigenvalue weighted by Gasteiger charge is -2.36. The van der Waals surface area contributed by atoms with E-state index in [9.17, 15) is 18.0 Å². The molecule has 2 heterocycles. The first kappa shape index (κ1) is 17.0. The summed E-state index contributed by atoms with van der Waals surface area (Å²) in [4.78, 5) is 13.8. The Kier molecular flexibility index (Phi) is 4.16. The number of hydrogen-bond donors (Lipinski definition) is 0. The Hall–Kier alpha value is -0.820. The number of halogens is 3. The van der Waals surface area contributed by atoms with Crippen molar-refractivity contribution in [1.29, 1.82) is 0 Å². The topological polar surface area (TPSA) is 38.8 Å². The second-order valence-corrected chi connectivity index (χ2v) is 7.74. The van der Waals surface area contributed by atoms with Crippen molar-refractivity contribution < 1.29 is 27.4 Å². The van der Waals surface area contributed by atoms with Crippen molar-refractivity contribution in [1.82, 2.24) is 4.90 Å². The minimum atomic E-state index is -4.24. The largest absolute Gasteiger partial charge is 0.396 e. The van der Waals surface area contributed by atoms with E-state index in [1.807, 2.05) is 13.8 Å². The van der Waals surface area contributed by atoms with Crippen molar-refractivity contribution >= 4 is 5.91 Å². The summed E-state index contributed by atoms with van der Waals surface area (Å²) in [6, 6.07) is 0. The Morgan fingerprint density at radius 2 is 2.09 bits per heavy atom. The van der Waals surface area contributed by atoms with E-state index < -0.39 is 23.1 Å². The number of nitrogens with zero attached hydrogens (tertiary/aromatic N) is 1. The Balaban J connectivity index is 1.64. The highest BCUT2D eigenvalue weighted by molar-refractivity contribution is 5.77. The van der Waals surface area contributed by atoms with Crippen LogP contribution in [0.15, 0.2) is 0 Å². The molecule has 3 atom stereocenters. The van der Waals surface area contributed by atoms with Gasteiger partial charge < -0.3 is 14.4 Å². The summed E-state index contributed by atoms with van der Waals surface area (Å²) in [7, 11) is 0. The number of hydrogen-bond acceptors (Lipinski definition) is 3. The van der Waals surface area contributed by atoms with E-state index in [2.05, 4.69) is 0 Å². The number of amides is 1. The number of ether oxygens (including phenoxy) is 2. The van der Waals surface area contributed by atoms with Crippen molar-refractivity contribution in [3.05, 3.63) is 0 Å². The molecular weight excluding hydrogens is 311 g/mol. The average Bonchev–Trinajstić information content (AvgIpc) is 2.93. The molecule has 132 valence electrons. The molecule has 3 fully saturated rings. The molecule has 1 saturated carbocycles. The Labute approximate surface area is 134 Å². The third-order valence-corrected chi connectivity index (χ3v) is 5.43. The molecule has 4 nitrogen and oxygen atoms in total. The number of carbonyl (C=O) groups excluding carboxylic acids is 1. The van der Waals surface area contributed by atoms with Crippen molar-refractivity contribution in [2.45, 2.75) is 57.4 Å². The molecule has 23 heavy (non-hydrogen) atoms. The van der Waals surface area contributed by atoms with Gasteiger partial charge in [0.05, 0.1) is 36.8 Å². The maximum absolute atomic E-state index is 13.5. The van der Waals surface area contributed by atoms with Gasteiger partial charge in [-0.15, -0.1) is 0 Å². The van der Waals surface area contributed by atoms with E-state index in [-0.39, 0.29) is 37.9 Å². The lowest BCUT2D eigenvalue weighted by molar-refractivity contribution is -0.226. The van der Waals surface area contributed by atoms with Crippen LogP contribution in [0.25, 0.3) is 0 Å². The van der Waals surface area contributed by atoms with Gasteiger partial charge in [0, 0.05) is 13.1 Å². The first-order valence-corrected chi connectivity index (χ1v) is 8.23. The van der Waals surface area contributed by atoms with Crippen molar-refractivity contribution in [2.24, 2.45) is 11.3 Å². The van der Waals surface area contributed by atoms with Crippen molar-refractivity contribution in [2.75, 3.05) is 26.3 Å². The highest BCUT2D eigenvalue weighted by Crippen LogP contribution is 2.57. The quantitative estimate of drug-likeness (QED) is 0.779. The van der Waals surface area contributed by atoms with E-state index in [0.717, 1.165) is 0 Å². The molecular formula is C16H24F3NO3. The molecule has 3 rings (SSSR count). The van der Waals surface area contributed by atoms with Gasteiger partial charge in [-0.2, -0.15) is 13.2 Å². The molecule has 0 bridgehead atoms. The lowest BCUT2D eigenvalue weighted by atomic mass is 9.80. The van der Waals surface area contributed by atoms with Crippen LogP contribution >= 0.6 is 0 Å². The molecule has 1 unspecified atom stereocenters. The summed E-state index contributed by atoms with van der Waals surface area (Å²) < 4.78 is 51.8. The molecule has 3 aliphatic rings. The molecule has 1 aliphatic carbocycles. The van der Waals surface area contributed by atoms with Crippen LogP contribution in [0.5, 0.6) is 0 Å². The van der Waals surface area contributed by atoms with Gasteiger partial charge in [-0.25, -0.2) is 0 Å². The number of fused-ring (bicyclic) bond motifs is 1.